The Kier molecular flexibility index (Phi) is 8.90. The Morgan fingerprint density at radius 1 is 0.900 bits per heavy atom. The van der Waals surface area contributed by atoms with Crippen molar-refractivity contribution in [1.29, 1.82) is 5.41 Å². The van der Waals surface area contributed by atoms with E-state index in [1.165, 1.54) is 60.2 Å². The summed E-state index contributed by atoms with van der Waals surface area (Å²) in [4.78, 5) is 5.38. The van der Waals surface area contributed by atoms with Gasteiger partial charge in [0.25, 0.3) is 0 Å². The first-order chi connectivity index (χ1) is 19.4. The van der Waals surface area contributed by atoms with Crippen LogP contribution in [0, 0.1) is 31.1 Å². The van der Waals surface area contributed by atoms with E-state index >= 15 is 0 Å². The standard InChI is InChI=1S/C37H47N3/c1-6-26(2)35-23-31(17-18-34(35)37(38)33-13-9-7-11-27(33)3)24-39-21-19-32(20-22-39)29(5)40(25-30-15-16-30)36-14-10-8-12-28(36)4/h6-14,17-18,23,29-30,32,38H,15-16,19-22,24-25H2,1-5H3/b26-6+,38-37?. The monoisotopic (exact) mass is 533 g/mol. The minimum absolute atomic E-state index is 0.569. The number of aryl methyl sites for hydroxylation is 2. The summed E-state index contributed by atoms with van der Waals surface area (Å²) in [5.41, 5.74) is 10.4. The first-order valence-corrected chi connectivity index (χ1v) is 15.3. The van der Waals surface area contributed by atoms with Crippen LogP contribution in [0.15, 0.2) is 72.8 Å². The maximum absolute atomic E-state index is 9.02. The Morgan fingerprint density at radius 3 is 2.23 bits per heavy atom. The third-order valence-electron chi connectivity index (χ3n) is 9.41. The maximum Gasteiger partial charge on any atom is 0.0693 e. The fraction of sp³-hybridized carbons (Fsp3) is 0.432. The van der Waals surface area contributed by atoms with Crippen LogP contribution in [0.2, 0.25) is 0 Å². The fourth-order valence-electron chi connectivity index (χ4n) is 6.44. The van der Waals surface area contributed by atoms with Gasteiger partial charge < -0.3 is 4.90 Å². The maximum atomic E-state index is 9.02. The van der Waals surface area contributed by atoms with Crippen LogP contribution in [0.4, 0.5) is 5.69 Å². The van der Waals surface area contributed by atoms with Crippen LogP contribution in [-0.2, 0) is 6.54 Å². The second-order valence-electron chi connectivity index (χ2n) is 12.3. The lowest BCUT2D eigenvalue weighted by atomic mass is 9.88. The van der Waals surface area contributed by atoms with Gasteiger partial charge in [0.1, 0.15) is 0 Å². The van der Waals surface area contributed by atoms with Gasteiger partial charge in [-0.25, -0.2) is 0 Å². The van der Waals surface area contributed by atoms with Crippen molar-refractivity contribution >= 4 is 17.0 Å². The molecule has 1 saturated heterocycles. The minimum atomic E-state index is 0.569. The van der Waals surface area contributed by atoms with E-state index in [1.807, 2.05) is 12.1 Å². The van der Waals surface area contributed by atoms with Gasteiger partial charge in [-0.05, 0) is 125 Å². The van der Waals surface area contributed by atoms with Gasteiger partial charge in [-0.2, -0.15) is 0 Å². The number of allylic oxidation sites excluding steroid dienone is 2. The molecule has 1 aliphatic carbocycles. The van der Waals surface area contributed by atoms with E-state index in [2.05, 4.69) is 105 Å². The zero-order chi connectivity index (χ0) is 28.2. The molecule has 0 aromatic heterocycles. The lowest BCUT2D eigenvalue weighted by Crippen LogP contribution is -2.45. The lowest BCUT2D eigenvalue weighted by molar-refractivity contribution is 0.163. The average Bonchev–Trinajstić information content (AvgIpc) is 3.80. The van der Waals surface area contributed by atoms with Crippen LogP contribution in [0.5, 0.6) is 0 Å². The summed E-state index contributed by atoms with van der Waals surface area (Å²) in [6.45, 7) is 15.6. The molecule has 0 spiro atoms. The van der Waals surface area contributed by atoms with Crippen molar-refractivity contribution in [2.24, 2.45) is 11.8 Å². The molecule has 3 heteroatoms. The predicted molar refractivity (Wildman–Crippen MR) is 172 cm³/mol. The summed E-state index contributed by atoms with van der Waals surface area (Å²) in [7, 11) is 0. The van der Waals surface area contributed by atoms with Crippen LogP contribution in [-0.4, -0.2) is 36.3 Å². The van der Waals surface area contributed by atoms with Crippen molar-refractivity contribution in [3.8, 4) is 0 Å². The van der Waals surface area contributed by atoms with Crippen molar-refractivity contribution in [3.05, 3.63) is 106 Å². The molecule has 1 N–H and O–H groups in total. The molecule has 0 amide bonds. The summed E-state index contributed by atoms with van der Waals surface area (Å²) >= 11 is 0. The van der Waals surface area contributed by atoms with E-state index in [0.29, 0.717) is 11.8 Å². The molecule has 40 heavy (non-hydrogen) atoms. The number of nitrogens with one attached hydrogen (secondary N) is 1. The molecular weight excluding hydrogens is 486 g/mol. The van der Waals surface area contributed by atoms with Crippen molar-refractivity contribution in [2.75, 3.05) is 24.5 Å². The highest BCUT2D eigenvalue weighted by atomic mass is 15.2. The van der Waals surface area contributed by atoms with Crippen LogP contribution in [0.1, 0.15) is 79.8 Å². The smallest absolute Gasteiger partial charge is 0.0693 e. The van der Waals surface area contributed by atoms with E-state index in [4.69, 9.17) is 5.41 Å². The molecule has 2 aliphatic rings. The molecule has 5 rings (SSSR count). The third-order valence-corrected chi connectivity index (χ3v) is 9.41. The highest BCUT2D eigenvalue weighted by molar-refractivity contribution is 6.14. The Morgan fingerprint density at radius 2 is 1.57 bits per heavy atom. The number of hydrogen-bond acceptors (Lipinski definition) is 3. The third kappa shape index (κ3) is 6.41. The Balaban J connectivity index is 1.27. The van der Waals surface area contributed by atoms with Gasteiger partial charge in [0.05, 0.1) is 5.71 Å². The molecule has 3 nitrogen and oxygen atoms in total. The average molecular weight is 534 g/mol. The van der Waals surface area contributed by atoms with Gasteiger partial charge in [-0.15, -0.1) is 0 Å². The normalized spacial score (nSPS) is 17.6. The number of anilines is 1. The molecule has 3 aromatic rings. The van der Waals surface area contributed by atoms with Crippen molar-refractivity contribution in [1.82, 2.24) is 4.90 Å². The molecule has 0 bridgehead atoms. The molecule has 2 fully saturated rings. The fourth-order valence-corrected chi connectivity index (χ4v) is 6.44. The Labute approximate surface area is 242 Å². The van der Waals surface area contributed by atoms with E-state index in [1.54, 1.807) is 0 Å². The second kappa shape index (κ2) is 12.6. The highest BCUT2D eigenvalue weighted by Gasteiger charge is 2.32. The van der Waals surface area contributed by atoms with Crippen LogP contribution < -0.4 is 4.90 Å². The number of nitrogens with zero attached hydrogens (tertiary/aromatic N) is 2. The number of rotatable bonds is 10. The van der Waals surface area contributed by atoms with E-state index < -0.39 is 0 Å². The molecule has 1 heterocycles. The van der Waals surface area contributed by atoms with Gasteiger partial charge in [0, 0.05) is 35.9 Å². The Bertz CT molecular complexity index is 1360. The van der Waals surface area contributed by atoms with E-state index in [9.17, 15) is 0 Å². The molecule has 1 aliphatic heterocycles. The summed E-state index contributed by atoms with van der Waals surface area (Å²) in [6.07, 6.45) is 7.47. The largest absolute Gasteiger partial charge is 0.368 e. The van der Waals surface area contributed by atoms with Crippen LogP contribution >= 0.6 is 0 Å². The molecule has 1 saturated carbocycles. The minimum Gasteiger partial charge on any atom is -0.368 e. The number of para-hydroxylation sites is 1. The highest BCUT2D eigenvalue weighted by Crippen LogP contribution is 2.36. The number of piperidine rings is 1. The first-order valence-electron chi connectivity index (χ1n) is 15.3. The van der Waals surface area contributed by atoms with Gasteiger partial charge in [0.2, 0.25) is 0 Å². The quantitative estimate of drug-likeness (QED) is 0.264. The van der Waals surface area contributed by atoms with Gasteiger partial charge in [-0.1, -0.05) is 60.7 Å². The van der Waals surface area contributed by atoms with Crippen LogP contribution in [0.3, 0.4) is 0 Å². The van der Waals surface area contributed by atoms with Gasteiger partial charge in [-0.3, -0.25) is 10.3 Å². The van der Waals surface area contributed by atoms with Crippen molar-refractivity contribution < 1.29 is 0 Å². The van der Waals surface area contributed by atoms with Crippen LogP contribution in [0.25, 0.3) is 5.57 Å². The van der Waals surface area contributed by atoms with Gasteiger partial charge >= 0.3 is 0 Å². The first kappa shape index (κ1) is 28.4. The molecule has 210 valence electrons. The van der Waals surface area contributed by atoms with Gasteiger partial charge in [0.15, 0.2) is 0 Å². The zero-order valence-corrected chi connectivity index (χ0v) is 25.2. The van der Waals surface area contributed by atoms with Crippen molar-refractivity contribution in [3.63, 3.8) is 0 Å². The summed E-state index contributed by atoms with van der Waals surface area (Å²) in [5, 5.41) is 9.02. The summed E-state index contributed by atoms with van der Waals surface area (Å²) in [5.74, 6) is 1.61. The Hall–Kier alpha value is -3.17. The zero-order valence-electron chi connectivity index (χ0n) is 25.2. The molecule has 1 atom stereocenters. The predicted octanol–water partition coefficient (Wildman–Crippen LogP) is 8.66. The topological polar surface area (TPSA) is 30.3 Å². The molecular formula is C37H47N3. The summed E-state index contributed by atoms with van der Waals surface area (Å²) < 4.78 is 0. The molecule has 0 radical (unpaired) electrons. The van der Waals surface area contributed by atoms with E-state index in [-0.39, 0.29) is 0 Å². The number of hydrogen-bond donors (Lipinski definition) is 1. The summed E-state index contributed by atoms with van der Waals surface area (Å²) in [6, 6.07) is 24.5. The molecule has 1 unspecified atom stereocenters. The van der Waals surface area contributed by atoms with E-state index in [0.717, 1.165) is 48.2 Å². The van der Waals surface area contributed by atoms with Crippen molar-refractivity contribution in [2.45, 2.75) is 72.9 Å². The number of benzene rings is 3. The SMILES string of the molecule is C/C=C(\C)c1cc(CN2CCC(C(C)N(CC3CC3)c3ccccc3C)CC2)ccc1C(=N)c1ccccc1C. The lowest BCUT2D eigenvalue weighted by Gasteiger charge is -2.41. The molecule has 3 aromatic carbocycles. The second-order valence-corrected chi connectivity index (χ2v) is 12.3. The number of likely N-dealkylation sites (tertiary alicyclic amines) is 1.